The number of hydrogen-bond donors (Lipinski definition) is 2. The van der Waals surface area contributed by atoms with E-state index in [-0.39, 0.29) is 6.04 Å². The van der Waals surface area contributed by atoms with Gasteiger partial charge in [0.05, 0.1) is 31.9 Å². The number of aliphatic hydroxyl groups is 1. The van der Waals surface area contributed by atoms with E-state index in [1.807, 2.05) is 11.9 Å². The second-order valence-corrected chi connectivity index (χ2v) is 3.48. The fourth-order valence-corrected chi connectivity index (χ4v) is 1.54. The van der Waals surface area contributed by atoms with Crippen molar-refractivity contribution >= 4 is 5.96 Å². The summed E-state index contributed by atoms with van der Waals surface area (Å²) in [5.41, 5.74) is 0. The van der Waals surface area contributed by atoms with Gasteiger partial charge in [-0.25, -0.2) is 0 Å². The smallest absolute Gasteiger partial charge is 0.194 e. The molecule has 2 atom stereocenters. The highest BCUT2D eigenvalue weighted by molar-refractivity contribution is 5.81. The number of aliphatic imine (C=N–C) groups is 1. The van der Waals surface area contributed by atoms with Crippen LogP contribution in [0.4, 0.5) is 0 Å². The van der Waals surface area contributed by atoms with E-state index in [0.29, 0.717) is 13.2 Å². The summed E-state index contributed by atoms with van der Waals surface area (Å²) in [7, 11) is 1.99. The van der Waals surface area contributed by atoms with Crippen LogP contribution in [0.2, 0.25) is 0 Å². The third-order valence-electron chi connectivity index (χ3n) is 2.42. The number of rotatable bonds is 1. The van der Waals surface area contributed by atoms with E-state index in [1.165, 1.54) is 0 Å². The molecule has 13 heavy (non-hydrogen) atoms. The standard InChI is InChI=1S/C8H15N3O2/c1-11-3-2-9-8(11)10-6-4-13-5-7(6)12/h6-7,12H,2-5H2,1H3,(H,9,10). The Kier molecular flexibility index (Phi) is 2.37. The summed E-state index contributed by atoms with van der Waals surface area (Å²) < 4.78 is 5.13. The van der Waals surface area contributed by atoms with E-state index in [0.717, 1.165) is 19.0 Å². The normalized spacial score (nSPS) is 33.7. The van der Waals surface area contributed by atoms with Gasteiger partial charge in [0, 0.05) is 13.6 Å². The van der Waals surface area contributed by atoms with Crippen molar-refractivity contribution in [2.45, 2.75) is 12.1 Å². The maximum atomic E-state index is 9.47. The summed E-state index contributed by atoms with van der Waals surface area (Å²) in [4.78, 5) is 6.33. The third kappa shape index (κ3) is 1.76. The first-order valence-corrected chi connectivity index (χ1v) is 4.55. The highest BCUT2D eigenvalue weighted by Gasteiger charge is 2.28. The van der Waals surface area contributed by atoms with Crippen LogP contribution in [0, 0.1) is 0 Å². The topological polar surface area (TPSA) is 57.1 Å². The van der Waals surface area contributed by atoms with Gasteiger partial charge in [0.25, 0.3) is 0 Å². The Morgan fingerprint density at radius 1 is 1.62 bits per heavy atom. The van der Waals surface area contributed by atoms with Crippen molar-refractivity contribution < 1.29 is 9.84 Å². The van der Waals surface area contributed by atoms with Crippen LogP contribution in [0.3, 0.4) is 0 Å². The van der Waals surface area contributed by atoms with Crippen molar-refractivity contribution in [3.63, 3.8) is 0 Å². The molecule has 0 aromatic carbocycles. The van der Waals surface area contributed by atoms with Gasteiger partial charge in [0.15, 0.2) is 5.96 Å². The van der Waals surface area contributed by atoms with Crippen LogP contribution in [0.15, 0.2) is 4.99 Å². The Morgan fingerprint density at radius 2 is 2.46 bits per heavy atom. The summed E-state index contributed by atoms with van der Waals surface area (Å²) in [5.74, 6) is 0.870. The molecule has 2 aliphatic heterocycles. The Labute approximate surface area is 77.4 Å². The lowest BCUT2D eigenvalue weighted by molar-refractivity contribution is 0.123. The zero-order valence-corrected chi connectivity index (χ0v) is 7.73. The molecule has 74 valence electrons. The first-order valence-electron chi connectivity index (χ1n) is 4.55. The van der Waals surface area contributed by atoms with E-state index in [2.05, 4.69) is 10.3 Å². The van der Waals surface area contributed by atoms with Crippen molar-refractivity contribution in [1.82, 2.24) is 10.2 Å². The number of likely N-dealkylation sites (N-methyl/N-ethyl adjacent to an activating group) is 1. The van der Waals surface area contributed by atoms with Gasteiger partial charge < -0.3 is 20.1 Å². The average molecular weight is 185 g/mol. The van der Waals surface area contributed by atoms with Gasteiger partial charge in [-0.1, -0.05) is 0 Å². The van der Waals surface area contributed by atoms with Crippen LogP contribution in [0.5, 0.6) is 0 Å². The van der Waals surface area contributed by atoms with Crippen molar-refractivity contribution in [2.75, 3.05) is 33.4 Å². The lowest BCUT2D eigenvalue weighted by atomic mass is 10.2. The molecule has 0 aromatic rings. The molecular weight excluding hydrogens is 170 g/mol. The zero-order valence-electron chi connectivity index (χ0n) is 7.73. The van der Waals surface area contributed by atoms with E-state index in [9.17, 15) is 5.11 Å². The van der Waals surface area contributed by atoms with E-state index >= 15 is 0 Å². The van der Waals surface area contributed by atoms with Crippen LogP contribution >= 0.6 is 0 Å². The van der Waals surface area contributed by atoms with Crippen molar-refractivity contribution in [3.8, 4) is 0 Å². The molecule has 0 saturated carbocycles. The largest absolute Gasteiger partial charge is 0.388 e. The summed E-state index contributed by atoms with van der Waals surface area (Å²) in [6, 6.07) is -0.000648. The summed E-state index contributed by atoms with van der Waals surface area (Å²) >= 11 is 0. The average Bonchev–Trinajstić information content (AvgIpc) is 2.65. The van der Waals surface area contributed by atoms with Crippen molar-refractivity contribution in [2.24, 2.45) is 4.99 Å². The number of aliphatic hydroxyl groups excluding tert-OH is 1. The minimum absolute atomic E-state index is 0.000648. The first-order chi connectivity index (χ1) is 6.27. The monoisotopic (exact) mass is 185 g/mol. The molecule has 2 unspecified atom stereocenters. The fourth-order valence-electron chi connectivity index (χ4n) is 1.54. The Balaban J connectivity index is 1.90. The van der Waals surface area contributed by atoms with Gasteiger partial charge in [0.1, 0.15) is 0 Å². The highest BCUT2D eigenvalue weighted by atomic mass is 16.5. The molecule has 0 amide bonds. The van der Waals surface area contributed by atoms with Crippen LogP contribution < -0.4 is 5.32 Å². The number of ether oxygens (including phenoxy) is 1. The molecule has 2 rings (SSSR count). The van der Waals surface area contributed by atoms with Gasteiger partial charge in [-0.3, -0.25) is 4.99 Å². The Hall–Kier alpha value is -0.810. The molecule has 5 heteroatoms. The van der Waals surface area contributed by atoms with Crippen molar-refractivity contribution in [3.05, 3.63) is 0 Å². The SMILES string of the molecule is CN1CCN=C1NC1COCC1O. The number of guanidine groups is 1. The number of nitrogens with one attached hydrogen (secondary N) is 1. The Morgan fingerprint density at radius 3 is 3.00 bits per heavy atom. The molecule has 0 aliphatic carbocycles. The number of nitrogens with zero attached hydrogens (tertiary/aromatic N) is 2. The molecule has 1 fully saturated rings. The molecule has 2 heterocycles. The lowest BCUT2D eigenvalue weighted by Gasteiger charge is -2.20. The van der Waals surface area contributed by atoms with Gasteiger partial charge in [0.2, 0.25) is 0 Å². The molecule has 5 nitrogen and oxygen atoms in total. The minimum Gasteiger partial charge on any atom is -0.388 e. The van der Waals surface area contributed by atoms with Gasteiger partial charge in [-0.05, 0) is 0 Å². The summed E-state index contributed by atoms with van der Waals surface area (Å²) in [6.07, 6.45) is -0.406. The predicted molar refractivity (Wildman–Crippen MR) is 48.7 cm³/mol. The number of hydrogen-bond acceptors (Lipinski definition) is 5. The van der Waals surface area contributed by atoms with Gasteiger partial charge in [-0.2, -0.15) is 0 Å². The second-order valence-electron chi connectivity index (χ2n) is 3.48. The zero-order chi connectivity index (χ0) is 9.26. The molecular formula is C8H15N3O2. The van der Waals surface area contributed by atoms with Gasteiger partial charge >= 0.3 is 0 Å². The van der Waals surface area contributed by atoms with Crippen LogP contribution in [0.1, 0.15) is 0 Å². The van der Waals surface area contributed by atoms with Crippen LogP contribution in [0.25, 0.3) is 0 Å². The van der Waals surface area contributed by atoms with Crippen LogP contribution in [-0.2, 0) is 4.74 Å². The molecule has 0 aromatic heterocycles. The minimum atomic E-state index is -0.406. The van der Waals surface area contributed by atoms with Gasteiger partial charge in [-0.15, -0.1) is 0 Å². The molecule has 2 N–H and O–H groups in total. The third-order valence-corrected chi connectivity index (χ3v) is 2.42. The highest BCUT2D eigenvalue weighted by Crippen LogP contribution is 2.06. The first kappa shape index (κ1) is 8.77. The molecule has 0 radical (unpaired) electrons. The van der Waals surface area contributed by atoms with E-state index in [4.69, 9.17) is 4.74 Å². The maximum absolute atomic E-state index is 9.47. The fraction of sp³-hybridized carbons (Fsp3) is 0.875. The quantitative estimate of drug-likeness (QED) is 0.529. The van der Waals surface area contributed by atoms with Crippen LogP contribution in [-0.4, -0.2) is 61.5 Å². The summed E-state index contributed by atoms with van der Waals surface area (Å²) in [6.45, 7) is 2.77. The molecule has 1 saturated heterocycles. The lowest BCUT2D eigenvalue weighted by Crippen LogP contribution is -2.47. The molecule has 0 spiro atoms. The summed E-state index contributed by atoms with van der Waals surface area (Å²) in [5, 5.41) is 12.7. The predicted octanol–water partition coefficient (Wildman–Crippen LogP) is -1.36. The maximum Gasteiger partial charge on any atom is 0.194 e. The Bertz CT molecular complexity index is 219. The van der Waals surface area contributed by atoms with E-state index in [1.54, 1.807) is 0 Å². The molecule has 2 aliphatic rings. The second kappa shape index (κ2) is 3.51. The molecule has 0 bridgehead atoms. The van der Waals surface area contributed by atoms with E-state index < -0.39 is 6.10 Å². The van der Waals surface area contributed by atoms with Crippen molar-refractivity contribution in [1.29, 1.82) is 0 Å².